The SMILES string of the molecule is CC(=O)C[C@@H](c1ccccc1)c1ccc(OC(C)=O)cc1. The largest absolute Gasteiger partial charge is 0.427 e. The Balaban J connectivity index is 2.29. The van der Waals surface area contributed by atoms with Gasteiger partial charge in [0.2, 0.25) is 0 Å². The van der Waals surface area contributed by atoms with Crippen LogP contribution < -0.4 is 4.74 Å². The van der Waals surface area contributed by atoms with Crippen molar-refractivity contribution in [2.45, 2.75) is 26.2 Å². The lowest BCUT2D eigenvalue weighted by Gasteiger charge is -2.17. The molecule has 0 bridgehead atoms. The molecule has 0 spiro atoms. The van der Waals surface area contributed by atoms with Gasteiger partial charge in [0.25, 0.3) is 0 Å². The third-order valence-electron chi connectivity index (χ3n) is 3.24. The number of carbonyl (C=O) groups is 2. The van der Waals surface area contributed by atoms with Crippen molar-refractivity contribution < 1.29 is 14.3 Å². The molecule has 2 rings (SSSR count). The molecule has 2 aromatic carbocycles. The van der Waals surface area contributed by atoms with Gasteiger partial charge >= 0.3 is 5.97 Å². The van der Waals surface area contributed by atoms with Crippen molar-refractivity contribution in [2.75, 3.05) is 0 Å². The first-order valence-electron chi connectivity index (χ1n) is 6.89. The zero-order chi connectivity index (χ0) is 15.2. The molecule has 1 atom stereocenters. The molecule has 0 radical (unpaired) electrons. The number of rotatable bonds is 5. The van der Waals surface area contributed by atoms with Crippen LogP contribution in [-0.2, 0) is 9.59 Å². The Morgan fingerprint density at radius 1 is 0.905 bits per heavy atom. The first kappa shape index (κ1) is 15.0. The fourth-order valence-electron chi connectivity index (χ4n) is 2.34. The lowest BCUT2D eigenvalue weighted by molar-refractivity contribution is -0.131. The maximum absolute atomic E-state index is 11.5. The van der Waals surface area contributed by atoms with Gasteiger partial charge in [-0.2, -0.15) is 0 Å². The number of benzene rings is 2. The molecule has 0 saturated heterocycles. The fourth-order valence-corrected chi connectivity index (χ4v) is 2.34. The van der Waals surface area contributed by atoms with Gasteiger partial charge in [0, 0.05) is 19.3 Å². The number of Topliss-reactive ketones (excluding diaryl/α,β-unsaturated/α-hetero) is 1. The van der Waals surface area contributed by atoms with Gasteiger partial charge in [-0.3, -0.25) is 9.59 Å². The highest BCUT2D eigenvalue weighted by atomic mass is 16.5. The van der Waals surface area contributed by atoms with Gasteiger partial charge in [-0.1, -0.05) is 42.5 Å². The Morgan fingerprint density at radius 2 is 1.48 bits per heavy atom. The molecule has 0 aliphatic carbocycles. The Labute approximate surface area is 124 Å². The van der Waals surface area contributed by atoms with Crippen LogP contribution in [0.2, 0.25) is 0 Å². The molecule has 2 aromatic rings. The molecule has 3 nitrogen and oxygen atoms in total. The first-order valence-corrected chi connectivity index (χ1v) is 6.89. The minimum Gasteiger partial charge on any atom is -0.427 e. The summed E-state index contributed by atoms with van der Waals surface area (Å²) >= 11 is 0. The zero-order valence-corrected chi connectivity index (χ0v) is 12.2. The van der Waals surface area contributed by atoms with E-state index in [1.54, 1.807) is 19.1 Å². The van der Waals surface area contributed by atoms with Crippen molar-refractivity contribution in [3.05, 3.63) is 65.7 Å². The van der Waals surface area contributed by atoms with Gasteiger partial charge in [-0.05, 0) is 30.2 Å². The van der Waals surface area contributed by atoms with Crippen molar-refractivity contribution in [1.29, 1.82) is 0 Å². The number of esters is 1. The van der Waals surface area contributed by atoms with E-state index in [4.69, 9.17) is 4.74 Å². The predicted octanol–water partition coefficient (Wildman–Crippen LogP) is 3.72. The minimum absolute atomic E-state index is 0.0232. The average Bonchev–Trinajstić information content (AvgIpc) is 2.46. The lowest BCUT2D eigenvalue weighted by Crippen LogP contribution is -2.06. The van der Waals surface area contributed by atoms with Crippen LogP contribution in [0, 0.1) is 0 Å². The van der Waals surface area contributed by atoms with Crippen LogP contribution in [-0.4, -0.2) is 11.8 Å². The molecule has 21 heavy (non-hydrogen) atoms. The quantitative estimate of drug-likeness (QED) is 0.620. The molecule has 0 amide bonds. The summed E-state index contributed by atoms with van der Waals surface area (Å²) in [6, 6.07) is 17.3. The highest BCUT2D eigenvalue weighted by Crippen LogP contribution is 2.29. The number of carbonyl (C=O) groups excluding carboxylic acids is 2. The maximum Gasteiger partial charge on any atom is 0.308 e. The van der Waals surface area contributed by atoms with Crippen molar-refractivity contribution in [2.24, 2.45) is 0 Å². The number of ether oxygens (including phenoxy) is 1. The summed E-state index contributed by atoms with van der Waals surface area (Å²) in [4.78, 5) is 22.5. The Bertz CT molecular complexity index is 615. The third-order valence-corrected chi connectivity index (χ3v) is 3.24. The Morgan fingerprint density at radius 3 is 2.00 bits per heavy atom. The van der Waals surface area contributed by atoms with Crippen LogP contribution >= 0.6 is 0 Å². The second-order valence-corrected chi connectivity index (χ2v) is 5.03. The van der Waals surface area contributed by atoms with Crippen LogP contribution in [0.15, 0.2) is 54.6 Å². The molecule has 3 heteroatoms. The van der Waals surface area contributed by atoms with Crippen molar-refractivity contribution >= 4 is 11.8 Å². The monoisotopic (exact) mass is 282 g/mol. The number of hydrogen-bond donors (Lipinski definition) is 0. The van der Waals surface area contributed by atoms with Gasteiger partial charge in [-0.25, -0.2) is 0 Å². The summed E-state index contributed by atoms with van der Waals surface area (Å²) in [5.74, 6) is 0.343. The normalized spacial score (nSPS) is 11.7. The fraction of sp³-hybridized carbons (Fsp3) is 0.222. The van der Waals surface area contributed by atoms with Crippen molar-refractivity contribution in [3.63, 3.8) is 0 Å². The number of ketones is 1. The van der Waals surface area contributed by atoms with Gasteiger partial charge in [0.15, 0.2) is 0 Å². The third kappa shape index (κ3) is 4.28. The molecule has 0 aliphatic rings. The Hall–Kier alpha value is -2.42. The molecule has 0 aliphatic heterocycles. The van der Waals surface area contributed by atoms with Gasteiger partial charge in [0.05, 0.1) is 0 Å². The molecule has 108 valence electrons. The second kappa shape index (κ2) is 6.84. The van der Waals surface area contributed by atoms with Gasteiger partial charge < -0.3 is 4.74 Å². The smallest absolute Gasteiger partial charge is 0.308 e. The molecule has 0 aromatic heterocycles. The predicted molar refractivity (Wildman–Crippen MR) is 81.3 cm³/mol. The van der Waals surface area contributed by atoms with Crippen LogP contribution in [0.25, 0.3) is 0 Å². The van der Waals surface area contributed by atoms with E-state index < -0.39 is 0 Å². The molecule has 0 saturated carbocycles. The lowest BCUT2D eigenvalue weighted by atomic mass is 9.87. The van der Waals surface area contributed by atoms with E-state index in [0.29, 0.717) is 12.2 Å². The van der Waals surface area contributed by atoms with Crippen LogP contribution in [0.3, 0.4) is 0 Å². The standard InChI is InChI=1S/C18H18O3/c1-13(19)12-18(15-6-4-3-5-7-15)16-8-10-17(11-9-16)21-14(2)20/h3-11,18H,12H2,1-2H3/t18-/m0/s1. The highest BCUT2D eigenvalue weighted by Gasteiger charge is 2.16. The summed E-state index contributed by atoms with van der Waals surface area (Å²) < 4.78 is 5.03. The molecule has 0 N–H and O–H groups in total. The van der Waals surface area contributed by atoms with Gasteiger partial charge in [-0.15, -0.1) is 0 Å². The summed E-state index contributed by atoms with van der Waals surface area (Å²) in [6.45, 7) is 2.97. The van der Waals surface area contributed by atoms with Crippen molar-refractivity contribution in [1.82, 2.24) is 0 Å². The summed E-state index contributed by atoms with van der Waals surface area (Å²) in [7, 11) is 0. The topological polar surface area (TPSA) is 43.4 Å². The molecule has 0 unspecified atom stereocenters. The van der Waals surface area contributed by atoms with Crippen LogP contribution in [0.5, 0.6) is 5.75 Å². The van der Waals surface area contributed by atoms with E-state index in [1.165, 1.54) is 6.92 Å². The molecular weight excluding hydrogens is 264 g/mol. The van der Waals surface area contributed by atoms with E-state index >= 15 is 0 Å². The zero-order valence-electron chi connectivity index (χ0n) is 12.2. The Kier molecular flexibility index (Phi) is 4.88. The molecular formula is C18H18O3. The van der Waals surface area contributed by atoms with E-state index in [0.717, 1.165) is 11.1 Å². The van der Waals surface area contributed by atoms with E-state index in [2.05, 4.69) is 0 Å². The first-order chi connectivity index (χ1) is 10.1. The molecule has 0 fully saturated rings. The minimum atomic E-state index is -0.342. The second-order valence-electron chi connectivity index (χ2n) is 5.03. The van der Waals surface area contributed by atoms with Crippen LogP contribution in [0.1, 0.15) is 37.3 Å². The van der Waals surface area contributed by atoms with E-state index in [9.17, 15) is 9.59 Å². The van der Waals surface area contributed by atoms with Crippen LogP contribution in [0.4, 0.5) is 0 Å². The maximum atomic E-state index is 11.5. The highest BCUT2D eigenvalue weighted by molar-refractivity contribution is 5.77. The number of hydrogen-bond acceptors (Lipinski definition) is 3. The van der Waals surface area contributed by atoms with Crippen molar-refractivity contribution in [3.8, 4) is 5.75 Å². The average molecular weight is 282 g/mol. The van der Waals surface area contributed by atoms with E-state index in [1.807, 2.05) is 42.5 Å². The van der Waals surface area contributed by atoms with Gasteiger partial charge in [0.1, 0.15) is 11.5 Å². The summed E-state index contributed by atoms with van der Waals surface area (Å²) in [6.07, 6.45) is 0.455. The molecule has 0 heterocycles. The summed E-state index contributed by atoms with van der Waals surface area (Å²) in [5.41, 5.74) is 2.14. The summed E-state index contributed by atoms with van der Waals surface area (Å²) in [5, 5.41) is 0. The van der Waals surface area contributed by atoms with E-state index in [-0.39, 0.29) is 17.7 Å².